The summed E-state index contributed by atoms with van der Waals surface area (Å²) in [7, 11) is 0. The Kier molecular flexibility index (Phi) is 5.85. The van der Waals surface area contributed by atoms with Crippen LogP contribution in [0.5, 0.6) is 0 Å². The summed E-state index contributed by atoms with van der Waals surface area (Å²) in [4.78, 5) is 0. The Bertz CT molecular complexity index is 127. The van der Waals surface area contributed by atoms with Crippen LogP contribution in [0.25, 0.3) is 0 Å². The molecular formula is C4H10Cl5NSi2. The monoisotopic (exact) mass is 303 g/mol. The number of rotatable bonds is 4. The minimum absolute atomic E-state index is 0.651. The van der Waals surface area contributed by atoms with Crippen molar-refractivity contribution in [3.8, 4) is 0 Å². The zero-order valence-corrected chi connectivity index (χ0v) is 12.5. The highest BCUT2D eigenvalue weighted by atomic mass is 35.8. The summed E-state index contributed by atoms with van der Waals surface area (Å²) in [6.07, 6.45) is -2.02. The van der Waals surface area contributed by atoms with Gasteiger partial charge in [-0.3, -0.25) is 4.23 Å². The standard InChI is InChI=1S/C4H10Cl5NSi2/c1-3-4-10(11(2,5)6)12(7,8)9/h3-4H2,1-2H3. The number of hydrogen-bond acceptors (Lipinski definition) is 1. The predicted octanol–water partition coefficient (Wildman–Crippen LogP) is 3.90. The molecule has 0 saturated carbocycles. The lowest BCUT2D eigenvalue weighted by Gasteiger charge is -2.33. The zero-order valence-electron chi connectivity index (χ0n) is 6.75. The van der Waals surface area contributed by atoms with Gasteiger partial charge in [-0.2, -0.15) is 0 Å². The van der Waals surface area contributed by atoms with Crippen LogP contribution in [0.2, 0.25) is 6.55 Å². The molecule has 0 atom stereocenters. The molecule has 0 saturated heterocycles. The first kappa shape index (κ1) is 13.8. The molecular weight excluding hydrogens is 295 g/mol. The number of hydrogen-bond donors (Lipinski definition) is 0. The van der Waals surface area contributed by atoms with E-state index in [1.165, 1.54) is 0 Å². The van der Waals surface area contributed by atoms with Gasteiger partial charge in [0.05, 0.1) is 0 Å². The average Bonchev–Trinajstić information content (AvgIpc) is 1.77. The molecule has 0 aliphatic carbocycles. The van der Waals surface area contributed by atoms with Crippen LogP contribution in [0.15, 0.2) is 0 Å². The van der Waals surface area contributed by atoms with E-state index in [1.54, 1.807) is 10.8 Å². The van der Waals surface area contributed by atoms with Gasteiger partial charge in [-0.15, -0.1) is 55.4 Å². The number of nitrogens with zero attached hydrogens (tertiary/aromatic N) is 1. The molecule has 0 aliphatic rings. The average molecular weight is 306 g/mol. The Labute approximate surface area is 98.6 Å². The lowest BCUT2D eigenvalue weighted by molar-refractivity contribution is 0.644. The van der Waals surface area contributed by atoms with Gasteiger partial charge in [0.25, 0.3) is 0 Å². The molecule has 0 rings (SSSR count). The van der Waals surface area contributed by atoms with E-state index < -0.39 is 13.0 Å². The molecule has 1 nitrogen and oxygen atoms in total. The maximum atomic E-state index is 5.97. The SMILES string of the molecule is CCCN([Si](C)(Cl)Cl)[Si](Cl)(Cl)Cl. The second-order valence-electron chi connectivity index (χ2n) is 2.46. The molecule has 0 radical (unpaired) electrons. The van der Waals surface area contributed by atoms with E-state index in [1.807, 2.05) is 6.92 Å². The predicted molar refractivity (Wildman–Crippen MR) is 63.6 cm³/mol. The van der Waals surface area contributed by atoms with Crippen LogP contribution in [-0.2, 0) is 0 Å². The Morgan fingerprint density at radius 2 is 1.50 bits per heavy atom. The van der Waals surface area contributed by atoms with Crippen LogP contribution >= 0.6 is 55.4 Å². The van der Waals surface area contributed by atoms with E-state index in [0.717, 1.165) is 6.42 Å². The molecule has 0 fully saturated rings. The van der Waals surface area contributed by atoms with Gasteiger partial charge in [-0.25, -0.2) is 0 Å². The fourth-order valence-electron chi connectivity index (χ4n) is 0.769. The Hall–Kier alpha value is 1.84. The molecule has 0 heterocycles. The van der Waals surface area contributed by atoms with Crippen molar-refractivity contribution < 1.29 is 0 Å². The molecule has 0 aliphatic heterocycles. The molecule has 0 bridgehead atoms. The molecule has 0 aromatic heterocycles. The van der Waals surface area contributed by atoms with Crippen molar-refractivity contribution in [2.24, 2.45) is 0 Å². The number of halogens is 5. The highest BCUT2D eigenvalue weighted by Crippen LogP contribution is 2.33. The van der Waals surface area contributed by atoms with Crippen molar-refractivity contribution >= 4 is 68.4 Å². The molecule has 8 heteroatoms. The van der Waals surface area contributed by atoms with Gasteiger partial charge in [-0.1, -0.05) is 6.92 Å². The minimum Gasteiger partial charge on any atom is -0.285 e. The fourth-order valence-corrected chi connectivity index (χ4v) is 14.1. The van der Waals surface area contributed by atoms with E-state index in [4.69, 9.17) is 55.4 Å². The van der Waals surface area contributed by atoms with Crippen molar-refractivity contribution in [1.82, 2.24) is 4.23 Å². The van der Waals surface area contributed by atoms with Crippen LogP contribution < -0.4 is 0 Å². The highest BCUT2D eigenvalue weighted by Gasteiger charge is 2.45. The van der Waals surface area contributed by atoms with E-state index in [0.29, 0.717) is 6.54 Å². The molecule has 0 aromatic carbocycles. The molecule has 0 spiro atoms. The van der Waals surface area contributed by atoms with Crippen molar-refractivity contribution in [3.05, 3.63) is 0 Å². The van der Waals surface area contributed by atoms with Gasteiger partial charge in [0, 0.05) is 0 Å². The van der Waals surface area contributed by atoms with Crippen molar-refractivity contribution in [2.75, 3.05) is 6.54 Å². The Morgan fingerprint density at radius 1 is 1.08 bits per heavy atom. The summed E-state index contributed by atoms with van der Waals surface area (Å²) in [5.74, 6) is 0. The van der Waals surface area contributed by atoms with E-state index in [9.17, 15) is 0 Å². The summed E-state index contributed by atoms with van der Waals surface area (Å²) in [6.45, 7) is 1.88. The van der Waals surface area contributed by atoms with Crippen LogP contribution in [0, 0.1) is 0 Å². The van der Waals surface area contributed by atoms with E-state index in [-0.39, 0.29) is 0 Å². The Balaban J connectivity index is 4.45. The van der Waals surface area contributed by atoms with Gasteiger partial charge >= 0.3 is 13.0 Å². The maximum Gasteiger partial charge on any atom is 0.419 e. The van der Waals surface area contributed by atoms with E-state index >= 15 is 0 Å². The third-order valence-corrected chi connectivity index (χ3v) is 10.8. The molecule has 0 N–H and O–H groups in total. The van der Waals surface area contributed by atoms with Crippen molar-refractivity contribution in [2.45, 2.75) is 19.9 Å². The van der Waals surface area contributed by atoms with Crippen LogP contribution in [-0.4, -0.2) is 23.8 Å². The highest BCUT2D eigenvalue weighted by molar-refractivity contribution is 7.67. The van der Waals surface area contributed by atoms with Crippen LogP contribution in [0.1, 0.15) is 13.3 Å². The summed E-state index contributed by atoms with van der Waals surface area (Å²) in [5.41, 5.74) is 0. The lowest BCUT2D eigenvalue weighted by Crippen LogP contribution is -2.53. The summed E-state index contributed by atoms with van der Waals surface area (Å²) in [5, 5.41) is 0. The molecule has 12 heavy (non-hydrogen) atoms. The van der Waals surface area contributed by atoms with Gasteiger partial charge in [0.2, 0.25) is 0 Å². The molecule has 74 valence electrons. The summed E-state index contributed by atoms with van der Waals surface area (Å²) < 4.78 is 1.66. The summed E-state index contributed by atoms with van der Waals surface area (Å²) >= 11 is 29.4. The lowest BCUT2D eigenvalue weighted by atomic mass is 10.5. The van der Waals surface area contributed by atoms with Crippen molar-refractivity contribution in [1.29, 1.82) is 0 Å². The van der Waals surface area contributed by atoms with Gasteiger partial charge in [0.1, 0.15) is 0 Å². The van der Waals surface area contributed by atoms with E-state index in [2.05, 4.69) is 0 Å². The second kappa shape index (κ2) is 5.07. The zero-order chi connectivity index (χ0) is 9.99. The quantitative estimate of drug-likeness (QED) is 0.562. The first-order valence-corrected chi connectivity index (χ1v) is 12.9. The maximum absolute atomic E-state index is 5.97. The van der Waals surface area contributed by atoms with Gasteiger partial charge in [-0.05, 0) is 19.5 Å². The first-order valence-electron chi connectivity index (χ1n) is 3.42. The largest absolute Gasteiger partial charge is 0.419 e. The van der Waals surface area contributed by atoms with Crippen molar-refractivity contribution in [3.63, 3.8) is 0 Å². The molecule has 0 aromatic rings. The van der Waals surface area contributed by atoms with Gasteiger partial charge in [0.15, 0.2) is 0 Å². The van der Waals surface area contributed by atoms with Gasteiger partial charge < -0.3 is 0 Å². The minimum atomic E-state index is -2.90. The topological polar surface area (TPSA) is 3.24 Å². The smallest absolute Gasteiger partial charge is 0.285 e. The van der Waals surface area contributed by atoms with Crippen LogP contribution in [0.4, 0.5) is 0 Å². The van der Waals surface area contributed by atoms with Crippen LogP contribution in [0.3, 0.4) is 0 Å². The summed E-state index contributed by atoms with van der Waals surface area (Å²) in [6, 6.07) is 0. The first-order chi connectivity index (χ1) is 5.19. The normalized spacial score (nSPS) is 14.0. The Morgan fingerprint density at radius 3 is 1.58 bits per heavy atom. The molecule has 0 unspecified atom stereocenters. The third-order valence-electron chi connectivity index (χ3n) is 1.23. The third kappa shape index (κ3) is 4.91. The second-order valence-corrected chi connectivity index (χ2v) is 18.3. The fraction of sp³-hybridized carbons (Fsp3) is 1.00. The molecule has 0 amide bonds.